The Morgan fingerprint density at radius 2 is 2.03 bits per heavy atom. The zero-order valence-corrected chi connectivity index (χ0v) is 15.4. The van der Waals surface area contributed by atoms with E-state index in [4.69, 9.17) is 10.3 Å². The maximum Gasteiger partial charge on any atom is 0.416 e. The first kappa shape index (κ1) is 19.4. The number of hydrogen-bond acceptors (Lipinski definition) is 7. The van der Waals surface area contributed by atoms with Gasteiger partial charge in [0.2, 0.25) is 5.76 Å². The Morgan fingerprint density at radius 1 is 1.23 bits per heavy atom. The summed E-state index contributed by atoms with van der Waals surface area (Å²) < 4.78 is 43.9. The molecule has 0 aliphatic rings. The number of carbonyl (C=O) groups excluding carboxylic acids is 1. The van der Waals surface area contributed by atoms with E-state index in [1.807, 2.05) is 0 Å². The van der Waals surface area contributed by atoms with Crippen molar-refractivity contribution in [2.45, 2.75) is 19.1 Å². The van der Waals surface area contributed by atoms with Gasteiger partial charge in [-0.25, -0.2) is 15.0 Å². The van der Waals surface area contributed by atoms with Crippen molar-refractivity contribution in [3.05, 3.63) is 53.6 Å². The van der Waals surface area contributed by atoms with E-state index in [9.17, 15) is 18.0 Å². The van der Waals surface area contributed by atoms with Gasteiger partial charge in [-0.1, -0.05) is 5.16 Å². The van der Waals surface area contributed by atoms with Crippen molar-refractivity contribution < 1.29 is 22.5 Å². The lowest BCUT2D eigenvalue weighted by atomic mass is 10.2. The van der Waals surface area contributed by atoms with Crippen LogP contribution in [-0.4, -0.2) is 31.0 Å². The van der Waals surface area contributed by atoms with Gasteiger partial charge >= 0.3 is 6.18 Å². The van der Waals surface area contributed by atoms with Crippen LogP contribution in [0.3, 0.4) is 0 Å². The normalized spacial score (nSPS) is 12.8. The summed E-state index contributed by atoms with van der Waals surface area (Å²) in [5.41, 5.74) is 5.79. The molecule has 0 aliphatic heterocycles. The SMILES string of the molecule is C[C@@H](NC(=O)c1cc(N)ncn1)c1cc(-c2nc3ccc(C(F)(F)F)cc3[nH]2)on1. The van der Waals surface area contributed by atoms with E-state index in [0.29, 0.717) is 11.2 Å². The van der Waals surface area contributed by atoms with Crippen LogP contribution in [0.25, 0.3) is 22.6 Å². The molecule has 0 saturated carbocycles. The van der Waals surface area contributed by atoms with Gasteiger partial charge in [-0.3, -0.25) is 4.79 Å². The fraction of sp³-hybridized carbons (Fsp3) is 0.167. The minimum absolute atomic E-state index is 0.0934. The number of hydrogen-bond donors (Lipinski definition) is 3. The van der Waals surface area contributed by atoms with Crippen molar-refractivity contribution in [2.75, 3.05) is 5.73 Å². The van der Waals surface area contributed by atoms with Crippen LogP contribution in [0, 0.1) is 0 Å². The zero-order valence-electron chi connectivity index (χ0n) is 15.4. The Bertz CT molecular complexity index is 1230. The molecule has 4 aromatic rings. The molecule has 1 aromatic carbocycles. The van der Waals surface area contributed by atoms with Gasteiger partial charge in [-0.15, -0.1) is 0 Å². The molecule has 4 N–H and O–H groups in total. The van der Waals surface area contributed by atoms with E-state index in [1.54, 1.807) is 6.92 Å². The van der Waals surface area contributed by atoms with Crippen LogP contribution in [0.5, 0.6) is 0 Å². The first-order valence-electron chi connectivity index (χ1n) is 8.63. The molecule has 154 valence electrons. The van der Waals surface area contributed by atoms with E-state index < -0.39 is 23.7 Å². The van der Waals surface area contributed by atoms with Crippen LogP contribution in [0.1, 0.15) is 34.7 Å². The predicted molar refractivity (Wildman–Crippen MR) is 98.9 cm³/mol. The van der Waals surface area contributed by atoms with E-state index >= 15 is 0 Å². The summed E-state index contributed by atoms with van der Waals surface area (Å²) >= 11 is 0. The standard InChI is InChI=1S/C18H14F3N7O2/c1-8(25-17(29)13-6-15(22)24-7-23-13)11-5-14(30-28-11)16-26-10-3-2-9(18(19,20)21)4-12(10)27-16/h2-8H,1H3,(H,25,29)(H,26,27)(H2,22,23,24)/t8-/m1/s1. The molecule has 1 atom stereocenters. The highest BCUT2D eigenvalue weighted by Gasteiger charge is 2.31. The van der Waals surface area contributed by atoms with Crippen molar-refractivity contribution in [3.63, 3.8) is 0 Å². The molecule has 30 heavy (non-hydrogen) atoms. The molecule has 0 saturated heterocycles. The van der Waals surface area contributed by atoms with Crippen LogP contribution in [-0.2, 0) is 6.18 Å². The van der Waals surface area contributed by atoms with Crippen molar-refractivity contribution in [3.8, 4) is 11.6 Å². The number of anilines is 1. The number of carbonyl (C=O) groups is 1. The Morgan fingerprint density at radius 3 is 2.77 bits per heavy atom. The molecule has 4 rings (SSSR count). The lowest BCUT2D eigenvalue weighted by Gasteiger charge is -2.10. The Hall–Kier alpha value is -3.96. The molecule has 12 heteroatoms. The van der Waals surface area contributed by atoms with Gasteiger partial charge < -0.3 is 20.6 Å². The molecule has 0 bridgehead atoms. The highest BCUT2D eigenvalue weighted by Crippen LogP contribution is 2.32. The maximum absolute atomic E-state index is 12.9. The summed E-state index contributed by atoms with van der Waals surface area (Å²) in [6.07, 6.45) is -3.28. The van der Waals surface area contributed by atoms with Gasteiger partial charge in [0.15, 0.2) is 5.82 Å². The van der Waals surface area contributed by atoms with Crippen LogP contribution in [0.4, 0.5) is 19.0 Å². The van der Waals surface area contributed by atoms with E-state index in [1.165, 1.54) is 24.5 Å². The number of nitrogen functional groups attached to an aromatic ring is 1. The highest BCUT2D eigenvalue weighted by molar-refractivity contribution is 5.93. The average Bonchev–Trinajstić information content (AvgIpc) is 3.33. The largest absolute Gasteiger partial charge is 0.416 e. The molecule has 9 nitrogen and oxygen atoms in total. The number of benzene rings is 1. The van der Waals surface area contributed by atoms with Crippen LogP contribution >= 0.6 is 0 Å². The average molecular weight is 417 g/mol. The number of imidazole rings is 1. The lowest BCUT2D eigenvalue weighted by Crippen LogP contribution is -2.27. The Balaban J connectivity index is 1.54. The highest BCUT2D eigenvalue weighted by atomic mass is 19.4. The van der Waals surface area contributed by atoms with Crippen LogP contribution < -0.4 is 11.1 Å². The van der Waals surface area contributed by atoms with Gasteiger partial charge in [0, 0.05) is 12.1 Å². The summed E-state index contributed by atoms with van der Waals surface area (Å²) in [7, 11) is 0. The van der Waals surface area contributed by atoms with Crippen molar-refractivity contribution in [1.82, 2.24) is 30.4 Å². The predicted octanol–water partition coefficient (Wildman–Crippen LogP) is 3.10. The summed E-state index contributed by atoms with van der Waals surface area (Å²) in [6.45, 7) is 1.68. The number of fused-ring (bicyclic) bond motifs is 1. The van der Waals surface area contributed by atoms with Crippen molar-refractivity contribution in [1.29, 1.82) is 0 Å². The molecule has 0 fully saturated rings. The number of nitrogens with two attached hydrogens (primary N) is 1. The van der Waals surface area contributed by atoms with Crippen molar-refractivity contribution in [2.24, 2.45) is 0 Å². The molecule has 1 amide bonds. The van der Waals surface area contributed by atoms with Crippen molar-refractivity contribution >= 4 is 22.8 Å². The molecular weight excluding hydrogens is 403 g/mol. The summed E-state index contributed by atoms with van der Waals surface area (Å²) in [5.74, 6) is 0.0990. The molecule has 3 aromatic heterocycles. The Labute approximate surface area is 166 Å². The number of alkyl halides is 3. The molecule has 3 heterocycles. The third-order valence-electron chi connectivity index (χ3n) is 4.28. The van der Waals surface area contributed by atoms with E-state index in [0.717, 1.165) is 12.1 Å². The smallest absolute Gasteiger partial charge is 0.384 e. The molecular formula is C18H14F3N7O2. The quantitative estimate of drug-likeness (QED) is 0.464. The topological polar surface area (TPSA) is 136 Å². The van der Waals surface area contributed by atoms with Gasteiger partial charge in [0.25, 0.3) is 5.91 Å². The number of rotatable bonds is 4. The number of nitrogens with one attached hydrogen (secondary N) is 2. The molecule has 0 aliphatic carbocycles. The van der Waals surface area contributed by atoms with Gasteiger partial charge in [-0.2, -0.15) is 13.2 Å². The van der Waals surface area contributed by atoms with Crippen LogP contribution in [0.15, 0.2) is 41.2 Å². The first-order valence-corrected chi connectivity index (χ1v) is 8.63. The zero-order chi connectivity index (χ0) is 21.5. The minimum Gasteiger partial charge on any atom is -0.384 e. The van der Waals surface area contributed by atoms with Crippen LogP contribution in [0.2, 0.25) is 0 Å². The second kappa shape index (κ2) is 7.13. The number of H-pyrrole nitrogens is 1. The third kappa shape index (κ3) is 3.79. The number of aromatic nitrogens is 5. The number of halogens is 3. The second-order valence-electron chi connectivity index (χ2n) is 6.45. The molecule has 0 unspecified atom stereocenters. The summed E-state index contributed by atoms with van der Waals surface area (Å²) in [5, 5.41) is 6.59. The van der Waals surface area contributed by atoms with Gasteiger partial charge in [-0.05, 0) is 25.1 Å². The third-order valence-corrected chi connectivity index (χ3v) is 4.28. The number of aromatic amines is 1. The first-order chi connectivity index (χ1) is 14.2. The van der Waals surface area contributed by atoms with Gasteiger partial charge in [0.05, 0.1) is 22.6 Å². The number of amides is 1. The van der Waals surface area contributed by atoms with E-state index in [-0.39, 0.29) is 28.6 Å². The Kier molecular flexibility index (Phi) is 4.60. The second-order valence-corrected chi connectivity index (χ2v) is 6.45. The van der Waals surface area contributed by atoms with Gasteiger partial charge in [0.1, 0.15) is 23.5 Å². The monoisotopic (exact) mass is 417 g/mol. The fourth-order valence-corrected chi connectivity index (χ4v) is 2.75. The summed E-state index contributed by atoms with van der Waals surface area (Å²) in [6, 6.07) is 5.51. The minimum atomic E-state index is -4.46. The summed E-state index contributed by atoms with van der Waals surface area (Å²) in [4.78, 5) is 26.8. The maximum atomic E-state index is 12.9. The molecule has 0 spiro atoms. The molecule has 0 radical (unpaired) electrons. The van der Waals surface area contributed by atoms with E-state index in [2.05, 4.69) is 30.4 Å². The lowest BCUT2D eigenvalue weighted by molar-refractivity contribution is -0.137. The fourth-order valence-electron chi connectivity index (χ4n) is 2.75. The number of nitrogens with zero attached hydrogens (tertiary/aromatic N) is 4.